The van der Waals surface area contributed by atoms with Crippen LogP contribution in [0.2, 0.25) is 0 Å². The van der Waals surface area contributed by atoms with Crippen molar-refractivity contribution in [2.45, 2.75) is 12.8 Å². The van der Waals surface area contributed by atoms with Crippen molar-refractivity contribution < 1.29 is 9.53 Å². The average Bonchev–Trinajstić information content (AvgIpc) is 3.01. The molecule has 0 aliphatic rings. The summed E-state index contributed by atoms with van der Waals surface area (Å²) in [5.41, 5.74) is 3.72. The summed E-state index contributed by atoms with van der Waals surface area (Å²) in [6.07, 6.45) is 2.74. The van der Waals surface area contributed by atoms with Gasteiger partial charge in [0.25, 0.3) is 0 Å². The number of aryl methyl sites for hydroxylation is 2. The number of carbonyl (C=O) groups is 1. The van der Waals surface area contributed by atoms with Gasteiger partial charge < -0.3 is 10.1 Å². The van der Waals surface area contributed by atoms with Gasteiger partial charge in [0.1, 0.15) is 5.75 Å². The van der Waals surface area contributed by atoms with Gasteiger partial charge in [-0.05, 0) is 24.1 Å². The molecule has 0 atom stereocenters. The second-order valence-electron chi connectivity index (χ2n) is 5.80. The van der Waals surface area contributed by atoms with Crippen molar-refractivity contribution in [1.29, 1.82) is 0 Å². The van der Waals surface area contributed by atoms with E-state index in [4.69, 9.17) is 4.74 Å². The number of aromatic nitrogens is 2. The van der Waals surface area contributed by atoms with Gasteiger partial charge in [-0.1, -0.05) is 42.5 Å². The summed E-state index contributed by atoms with van der Waals surface area (Å²) >= 11 is 0. The Bertz CT molecular complexity index is 856. The van der Waals surface area contributed by atoms with Crippen LogP contribution in [0, 0.1) is 0 Å². The van der Waals surface area contributed by atoms with E-state index in [1.54, 1.807) is 18.0 Å². The van der Waals surface area contributed by atoms with E-state index in [-0.39, 0.29) is 5.91 Å². The lowest BCUT2D eigenvalue weighted by Crippen LogP contribution is -2.13. The lowest BCUT2D eigenvalue weighted by atomic mass is 10.1. The molecule has 0 aliphatic carbocycles. The normalized spacial score (nSPS) is 10.5. The standard InChI is InChI=1S/C20H21N3O2/c1-23-20(16-8-4-3-5-9-16)18(14-21-23)22-19(24)12-11-15-7-6-10-17(13-15)25-2/h3-10,13-14H,11-12H2,1-2H3,(H,22,24). The number of methoxy groups -OCH3 is 1. The maximum absolute atomic E-state index is 12.4. The van der Waals surface area contributed by atoms with E-state index in [1.807, 2.05) is 61.6 Å². The van der Waals surface area contributed by atoms with Crippen LogP contribution in [0.4, 0.5) is 5.69 Å². The van der Waals surface area contributed by atoms with E-state index in [0.717, 1.165) is 28.3 Å². The molecule has 0 spiro atoms. The summed E-state index contributed by atoms with van der Waals surface area (Å²) < 4.78 is 6.98. The Hall–Kier alpha value is -3.08. The van der Waals surface area contributed by atoms with Crippen molar-refractivity contribution in [3.05, 3.63) is 66.4 Å². The lowest BCUT2D eigenvalue weighted by Gasteiger charge is -2.08. The molecule has 0 saturated heterocycles. The topological polar surface area (TPSA) is 56.1 Å². The van der Waals surface area contributed by atoms with Crippen molar-refractivity contribution in [3.63, 3.8) is 0 Å². The molecule has 1 heterocycles. The Kier molecular flexibility index (Phi) is 5.14. The summed E-state index contributed by atoms with van der Waals surface area (Å²) in [5, 5.41) is 7.25. The number of amides is 1. The smallest absolute Gasteiger partial charge is 0.224 e. The molecule has 1 N–H and O–H groups in total. The SMILES string of the molecule is COc1cccc(CCC(=O)Nc2cnn(C)c2-c2ccccc2)c1. The van der Waals surface area contributed by atoms with Gasteiger partial charge in [-0.2, -0.15) is 5.10 Å². The van der Waals surface area contributed by atoms with Crippen molar-refractivity contribution in [2.24, 2.45) is 7.05 Å². The molecule has 3 aromatic rings. The number of hydrogen-bond acceptors (Lipinski definition) is 3. The summed E-state index contributed by atoms with van der Waals surface area (Å²) in [5.74, 6) is 0.768. The summed E-state index contributed by atoms with van der Waals surface area (Å²) in [6.45, 7) is 0. The first-order valence-electron chi connectivity index (χ1n) is 8.17. The first-order valence-corrected chi connectivity index (χ1v) is 8.17. The third-order valence-electron chi connectivity index (χ3n) is 4.03. The Morgan fingerprint density at radius 3 is 2.72 bits per heavy atom. The van der Waals surface area contributed by atoms with Crippen LogP contribution < -0.4 is 10.1 Å². The highest BCUT2D eigenvalue weighted by Crippen LogP contribution is 2.27. The predicted molar refractivity (Wildman–Crippen MR) is 98.6 cm³/mol. The largest absolute Gasteiger partial charge is 0.497 e. The van der Waals surface area contributed by atoms with E-state index in [1.165, 1.54) is 0 Å². The monoisotopic (exact) mass is 335 g/mol. The number of rotatable bonds is 6. The van der Waals surface area contributed by atoms with Gasteiger partial charge >= 0.3 is 0 Å². The van der Waals surface area contributed by atoms with E-state index < -0.39 is 0 Å². The fraction of sp³-hybridized carbons (Fsp3) is 0.200. The second-order valence-corrected chi connectivity index (χ2v) is 5.80. The highest BCUT2D eigenvalue weighted by Gasteiger charge is 2.13. The maximum atomic E-state index is 12.4. The van der Waals surface area contributed by atoms with Gasteiger partial charge in [0.2, 0.25) is 5.91 Å². The molecule has 5 heteroatoms. The van der Waals surface area contributed by atoms with Crippen LogP contribution in [0.3, 0.4) is 0 Å². The quantitative estimate of drug-likeness (QED) is 0.748. The molecule has 0 unspecified atom stereocenters. The summed E-state index contributed by atoms with van der Waals surface area (Å²) in [4.78, 5) is 12.4. The Labute approximate surface area is 147 Å². The second kappa shape index (κ2) is 7.66. The molecule has 5 nitrogen and oxygen atoms in total. The molecule has 25 heavy (non-hydrogen) atoms. The third-order valence-corrected chi connectivity index (χ3v) is 4.03. The lowest BCUT2D eigenvalue weighted by molar-refractivity contribution is -0.116. The number of ether oxygens (including phenoxy) is 1. The fourth-order valence-corrected chi connectivity index (χ4v) is 2.77. The number of anilines is 1. The van der Waals surface area contributed by atoms with Gasteiger partial charge in [0, 0.05) is 19.0 Å². The van der Waals surface area contributed by atoms with Crippen LogP contribution in [0.15, 0.2) is 60.8 Å². The molecule has 0 aliphatic heterocycles. The van der Waals surface area contributed by atoms with E-state index >= 15 is 0 Å². The third kappa shape index (κ3) is 4.07. The zero-order valence-corrected chi connectivity index (χ0v) is 14.4. The van der Waals surface area contributed by atoms with Gasteiger partial charge in [-0.3, -0.25) is 9.48 Å². The number of hydrogen-bond donors (Lipinski definition) is 1. The molecule has 1 amide bonds. The van der Waals surface area contributed by atoms with Crippen LogP contribution in [0.1, 0.15) is 12.0 Å². The van der Waals surface area contributed by atoms with Crippen LogP contribution in [0.5, 0.6) is 5.75 Å². The zero-order valence-electron chi connectivity index (χ0n) is 14.4. The van der Waals surface area contributed by atoms with Gasteiger partial charge in [0.15, 0.2) is 0 Å². The minimum Gasteiger partial charge on any atom is -0.497 e. The van der Waals surface area contributed by atoms with Crippen LogP contribution in [-0.4, -0.2) is 22.8 Å². The Balaban J connectivity index is 1.68. The molecule has 0 fully saturated rings. The highest BCUT2D eigenvalue weighted by molar-refractivity contribution is 5.94. The molecular weight excluding hydrogens is 314 g/mol. The van der Waals surface area contributed by atoms with Gasteiger partial charge in [0.05, 0.1) is 24.7 Å². The van der Waals surface area contributed by atoms with Crippen molar-refractivity contribution >= 4 is 11.6 Å². The first kappa shape index (κ1) is 16.8. The van der Waals surface area contributed by atoms with Gasteiger partial charge in [-0.25, -0.2) is 0 Å². The number of benzene rings is 2. The van der Waals surface area contributed by atoms with E-state index in [9.17, 15) is 4.79 Å². The van der Waals surface area contributed by atoms with Crippen LogP contribution in [0.25, 0.3) is 11.3 Å². The predicted octanol–water partition coefficient (Wildman–Crippen LogP) is 3.67. The van der Waals surface area contributed by atoms with Crippen LogP contribution >= 0.6 is 0 Å². The van der Waals surface area contributed by atoms with Crippen LogP contribution in [-0.2, 0) is 18.3 Å². The van der Waals surface area contributed by atoms with Gasteiger partial charge in [-0.15, -0.1) is 0 Å². The molecular formula is C20H21N3O2. The van der Waals surface area contributed by atoms with Crippen molar-refractivity contribution in [1.82, 2.24) is 9.78 Å². The number of carbonyl (C=O) groups excluding carboxylic acids is 1. The molecule has 1 aromatic heterocycles. The summed E-state index contributed by atoms with van der Waals surface area (Å²) in [7, 11) is 3.51. The zero-order chi connectivity index (χ0) is 17.6. The average molecular weight is 335 g/mol. The van der Waals surface area contributed by atoms with E-state index in [2.05, 4.69) is 10.4 Å². The molecule has 0 radical (unpaired) electrons. The molecule has 0 bridgehead atoms. The van der Waals surface area contributed by atoms with Crippen molar-refractivity contribution in [3.8, 4) is 17.0 Å². The maximum Gasteiger partial charge on any atom is 0.224 e. The fourth-order valence-electron chi connectivity index (χ4n) is 2.77. The van der Waals surface area contributed by atoms with E-state index in [0.29, 0.717) is 12.8 Å². The molecule has 128 valence electrons. The molecule has 0 saturated carbocycles. The molecule has 3 rings (SSSR count). The summed E-state index contributed by atoms with van der Waals surface area (Å²) in [6, 6.07) is 17.7. The van der Waals surface area contributed by atoms with Crippen molar-refractivity contribution in [2.75, 3.05) is 12.4 Å². The first-order chi connectivity index (χ1) is 12.2. The number of nitrogens with zero attached hydrogens (tertiary/aromatic N) is 2. The minimum absolute atomic E-state index is 0.0343. The Morgan fingerprint density at radius 2 is 1.96 bits per heavy atom. The molecule has 2 aromatic carbocycles. The highest BCUT2D eigenvalue weighted by atomic mass is 16.5. The minimum atomic E-state index is -0.0343. The number of nitrogens with one attached hydrogen (secondary N) is 1. The Morgan fingerprint density at radius 1 is 1.16 bits per heavy atom.